The smallest absolute Gasteiger partial charge is 0.315 e. The van der Waals surface area contributed by atoms with Gasteiger partial charge in [0.15, 0.2) is 0 Å². The first-order valence-electron chi connectivity index (χ1n) is 6.66. The van der Waals surface area contributed by atoms with E-state index >= 15 is 0 Å². The molecule has 0 spiro atoms. The summed E-state index contributed by atoms with van der Waals surface area (Å²) < 4.78 is 7.23. The summed E-state index contributed by atoms with van der Waals surface area (Å²) >= 11 is 0. The Morgan fingerprint density at radius 2 is 2.37 bits per heavy atom. The number of hydrogen-bond donors (Lipinski definition) is 2. The molecule has 0 bridgehead atoms. The Morgan fingerprint density at radius 3 is 2.89 bits per heavy atom. The summed E-state index contributed by atoms with van der Waals surface area (Å²) in [5, 5.41) is 10.1. The van der Waals surface area contributed by atoms with Crippen molar-refractivity contribution in [3.8, 4) is 0 Å². The number of urea groups is 1. The molecular formula is C13H22N4O2. The lowest BCUT2D eigenvalue weighted by Gasteiger charge is -2.19. The molecule has 3 atom stereocenters. The first kappa shape index (κ1) is 13.9. The number of carbonyl (C=O) groups is 1. The Labute approximate surface area is 113 Å². The molecule has 2 heterocycles. The van der Waals surface area contributed by atoms with Crippen LogP contribution in [0.2, 0.25) is 0 Å². The Kier molecular flexibility index (Phi) is 4.09. The van der Waals surface area contributed by atoms with Gasteiger partial charge in [-0.05, 0) is 27.2 Å². The maximum atomic E-state index is 11.9. The standard InChI is InChI=1S/C13H22N4O2/c1-8(11-7-14-17(4)9(11)2)15-13(18)16-12-5-6-19-10(12)3/h7-8,10,12H,5-6H2,1-4H3,(H2,15,16,18). The molecule has 1 aromatic rings. The van der Waals surface area contributed by atoms with Gasteiger partial charge in [0.05, 0.1) is 24.4 Å². The summed E-state index contributed by atoms with van der Waals surface area (Å²) in [6.07, 6.45) is 2.75. The summed E-state index contributed by atoms with van der Waals surface area (Å²) in [5.74, 6) is 0. The third kappa shape index (κ3) is 3.07. The van der Waals surface area contributed by atoms with Crippen LogP contribution in [-0.4, -0.2) is 34.6 Å². The van der Waals surface area contributed by atoms with Crippen molar-refractivity contribution in [2.45, 2.75) is 45.4 Å². The minimum atomic E-state index is -0.155. The van der Waals surface area contributed by atoms with Crippen LogP contribution in [0.3, 0.4) is 0 Å². The number of aromatic nitrogens is 2. The summed E-state index contributed by atoms with van der Waals surface area (Å²) in [6, 6.07) is -0.119. The summed E-state index contributed by atoms with van der Waals surface area (Å²) in [7, 11) is 1.89. The van der Waals surface area contributed by atoms with E-state index in [1.54, 1.807) is 10.9 Å². The monoisotopic (exact) mass is 266 g/mol. The molecule has 1 aliphatic heterocycles. The zero-order valence-electron chi connectivity index (χ0n) is 11.9. The second-order valence-electron chi connectivity index (χ2n) is 5.12. The molecule has 2 amide bonds. The van der Waals surface area contributed by atoms with Crippen LogP contribution in [0.25, 0.3) is 0 Å². The number of ether oxygens (including phenoxy) is 1. The molecule has 6 nitrogen and oxygen atoms in total. The molecule has 0 saturated carbocycles. The summed E-state index contributed by atoms with van der Waals surface area (Å²) in [5.41, 5.74) is 2.10. The van der Waals surface area contributed by atoms with Gasteiger partial charge < -0.3 is 15.4 Å². The van der Waals surface area contributed by atoms with Gasteiger partial charge in [-0.25, -0.2) is 4.79 Å². The maximum absolute atomic E-state index is 11.9. The number of nitrogens with zero attached hydrogens (tertiary/aromatic N) is 2. The third-order valence-corrected chi connectivity index (χ3v) is 3.78. The van der Waals surface area contributed by atoms with Crippen LogP contribution in [0, 0.1) is 6.92 Å². The van der Waals surface area contributed by atoms with Crippen molar-refractivity contribution in [2.24, 2.45) is 7.05 Å². The van der Waals surface area contributed by atoms with Crippen LogP contribution in [0.15, 0.2) is 6.20 Å². The lowest BCUT2D eigenvalue weighted by molar-refractivity contribution is 0.114. The largest absolute Gasteiger partial charge is 0.376 e. The minimum Gasteiger partial charge on any atom is -0.376 e. The Hall–Kier alpha value is -1.56. The molecule has 106 valence electrons. The molecule has 6 heteroatoms. The molecule has 0 aliphatic carbocycles. The zero-order valence-corrected chi connectivity index (χ0v) is 11.9. The highest BCUT2D eigenvalue weighted by Gasteiger charge is 2.26. The van der Waals surface area contributed by atoms with Gasteiger partial charge in [-0.15, -0.1) is 0 Å². The van der Waals surface area contributed by atoms with E-state index in [0.29, 0.717) is 6.61 Å². The quantitative estimate of drug-likeness (QED) is 0.865. The van der Waals surface area contributed by atoms with Crippen molar-refractivity contribution in [1.82, 2.24) is 20.4 Å². The van der Waals surface area contributed by atoms with E-state index in [1.807, 2.05) is 27.8 Å². The van der Waals surface area contributed by atoms with Gasteiger partial charge in [-0.3, -0.25) is 4.68 Å². The Morgan fingerprint density at radius 1 is 1.63 bits per heavy atom. The predicted octanol–water partition coefficient (Wildman–Crippen LogP) is 1.27. The van der Waals surface area contributed by atoms with Gasteiger partial charge in [0.2, 0.25) is 0 Å². The van der Waals surface area contributed by atoms with Crippen LogP contribution >= 0.6 is 0 Å². The fourth-order valence-corrected chi connectivity index (χ4v) is 2.35. The van der Waals surface area contributed by atoms with Crippen LogP contribution < -0.4 is 10.6 Å². The van der Waals surface area contributed by atoms with Gasteiger partial charge in [0.1, 0.15) is 0 Å². The van der Waals surface area contributed by atoms with E-state index in [2.05, 4.69) is 15.7 Å². The molecule has 2 rings (SSSR count). The van der Waals surface area contributed by atoms with Gasteiger partial charge in [-0.1, -0.05) is 0 Å². The zero-order chi connectivity index (χ0) is 14.0. The normalized spacial score (nSPS) is 24.2. The molecule has 1 aliphatic rings. The number of aryl methyl sites for hydroxylation is 1. The molecule has 2 N–H and O–H groups in total. The molecule has 0 radical (unpaired) electrons. The van der Waals surface area contributed by atoms with Gasteiger partial charge in [0, 0.05) is 24.9 Å². The van der Waals surface area contributed by atoms with Crippen molar-refractivity contribution in [2.75, 3.05) is 6.61 Å². The SMILES string of the molecule is Cc1c(C(C)NC(=O)NC2CCOC2C)cnn1C. The first-order chi connectivity index (χ1) is 8.99. The lowest BCUT2D eigenvalue weighted by atomic mass is 10.1. The molecule has 3 unspecified atom stereocenters. The van der Waals surface area contributed by atoms with Crippen LogP contribution in [0.4, 0.5) is 4.79 Å². The van der Waals surface area contributed by atoms with E-state index in [0.717, 1.165) is 17.7 Å². The van der Waals surface area contributed by atoms with E-state index in [4.69, 9.17) is 4.74 Å². The lowest BCUT2D eigenvalue weighted by Crippen LogP contribution is -2.45. The van der Waals surface area contributed by atoms with Gasteiger partial charge in [0.25, 0.3) is 0 Å². The number of hydrogen-bond acceptors (Lipinski definition) is 3. The molecule has 1 fully saturated rings. The van der Waals surface area contributed by atoms with E-state index in [-0.39, 0.29) is 24.2 Å². The van der Waals surface area contributed by atoms with Gasteiger partial charge >= 0.3 is 6.03 Å². The van der Waals surface area contributed by atoms with Crippen LogP contribution in [0.1, 0.15) is 37.6 Å². The van der Waals surface area contributed by atoms with E-state index in [9.17, 15) is 4.79 Å². The topological polar surface area (TPSA) is 68.2 Å². The van der Waals surface area contributed by atoms with Crippen molar-refractivity contribution < 1.29 is 9.53 Å². The fourth-order valence-electron chi connectivity index (χ4n) is 2.35. The third-order valence-electron chi connectivity index (χ3n) is 3.78. The summed E-state index contributed by atoms with van der Waals surface area (Å²) in [6.45, 7) is 6.64. The van der Waals surface area contributed by atoms with Crippen molar-refractivity contribution in [1.29, 1.82) is 0 Å². The van der Waals surface area contributed by atoms with Crippen molar-refractivity contribution in [3.05, 3.63) is 17.5 Å². The number of carbonyl (C=O) groups excluding carboxylic acids is 1. The second kappa shape index (κ2) is 5.61. The average Bonchev–Trinajstić information content (AvgIpc) is 2.88. The Balaban J connectivity index is 1.90. The average molecular weight is 266 g/mol. The first-order valence-corrected chi connectivity index (χ1v) is 6.66. The molecule has 0 aromatic carbocycles. The highest BCUT2D eigenvalue weighted by atomic mass is 16.5. The highest BCUT2D eigenvalue weighted by molar-refractivity contribution is 5.74. The number of rotatable bonds is 3. The van der Waals surface area contributed by atoms with E-state index < -0.39 is 0 Å². The van der Waals surface area contributed by atoms with E-state index in [1.165, 1.54) is 0 Å². The minimum absolute atomic E-state index is 0.0636. The molecule has 1 aromatic heterocycles. The number of amides is 2. The van der Waals surface area contributed by atoms with Crippen molar-refractivity contribution in [3.63, 3.8) is 0 Å². The molecule has 19 heavy (non-hydrogen) atoms. The van der Waals surface area contributed by atoms with Crippen LogP contribution in [-0.2, 0) is 11.8 Å². The van der Waals surface area contributed by atoms with Gasteiger partial charge in [-0.2, -0.15) is 5.10 Å². The predicted molar refractivity (Wildman–Crippen MR) is 71.8 cm³/mol. The van der Waals surface area contributed by atoms with Crippen molar-refractivity contribution >= 4 is 6.03 Å². The van der Waals surface area contributed by atoms with Crippen LogP contribution in [0.5, 0.6) is 0 Å². The highest BCUT2D eigenvalue weighted by Crippen LogP contribution is 2.16. The molecular weight excluding hydrogens is 244 g/mol. The maximum Gasteiger partial charge on any atom is 0.315 e. The second-order valence-corrected chi connectivity index (χ2v) is 5.12. The number of nitrogens with one attached hydrogen (secondary N) is 2. The summed E-state index contributed by atoms with van der Waals surface area (Å²) in [4.78, 5) is 11.9. The Bertz CT molecular complexity index is 457. The molecule has 1 saturated heterocycles. The fraction of sp³-hybridized carbons (Fsp3) is 0.692.